The number of likely N-dealkylation sites (tertiary alicyclic amines) is 2. The number of piperidine rings is 1. The minimum atomic E-state index is -0.0562. The number of carbonyl (C=O) groups is 3. The molecule has 0 N–H and O–H groups in total. The standard InChI is InChI=1S/C30H37N3O5/c1-37-23-9-10-26(38-2)24(20-23)29(36)31-17-13-30(14-18-31)15-19-32(21-30)27(34)11-12-28(35)33-16-5-7-22-6-3-4-8-25(22)33/h3-4,6,8-10,20H,5,7,11-19,21H2,1-2H3. The average Bonchev–Trinajstić information content (AvgIpc) is 3.38. The van der Waals surface area contributed by atoms with Gasteiger partial charge in [-0.1, -0.05) is 18.2 Å². The summed E-state index contributed by atoms with van der Waals surface area (Å²) in [5.74, 6) is 1.19. The van der Waals surface area contributed by atoms with Crippen molar-refractivity contribution in [3.63, 3.8) is 0 Å². The van der Waals surface area contributed by atoms with Crippen molar-refractivity contribution < 1.29 is 23.9 Å². The quantitative estimate of drug-likeness (QED) is 0.578. The van der Waals surface area contributed by atoms with Crippen LogP contribution in [0.3, 0.4) is 0 Å². The number of hydrogen-bond donors (Lipinski definition) is 0. The summed E-state index contributed by atoms with van der Waals surface area (Å²) >= 11 is 0. The fourth-order valence-corrected chi connectivity index (χ4v) is 6.19. The molecule has 0 bridgehead atoms. The highest BCUT2D eigenvalue weighted by Crippen LogP contribution is 2.41. The summed E-state index contributed by atoms with van der Waals surface area (Å²) in [6.07, 6.45) is 5.09. The lowest BCUT2D eigenvalue weighted by Gasteiger charge is -2.39. The van der Waals surface area contributed by atoms with Crippen LogP contribution < -0.4 is 14.4 Å². The topological polar surface area (TPSA) is 79.4 Å². The van der Waals surface area contributed by atoms with Crippen LogP contribution in [0.2, 0.25) is 0 Å². The lowest BCUT2D eigenvalue weighted by atomic mass is 9.77. The van der Waals surface area contributed by atoms with Gasteiger partial charge in [-0.05, 0) is 67.3 Å². The Morgan fingerprint density at radius 2 is 1.55 bits per heavy atom. The van der Waals surface area contributed by atoms with Crippen LogP contribution in [0.4, 0.5) is 5.69 Å². The number of nitrogens with zero attached hydrogens (tertiary/aromatic N) is 3. The van der Waals surface area contributed by atoms with Gasteiger partial charge in [0.25, 0.3) is 5.91 Å². The number of benzene rings is 2. The average molecular weight is 520 g/mol. The number of anilines is 1. The Labute approximate surface area is 224 Å². The van der Waals surface area contributed by atoms with Crippen molar-refractivity contribution in [2.75, 3.05) is 51.8 Å². The van der Waals surface area contributed by atoms with Crippen LogP contribution in [0.1, 0.15) is 54.4 Å². The zero-order chi connectivity index (χ0) is 26.7. The number of fused-ring (bicyclic) bond motifs is 1. The number of para-hydroxylation sites is 1. The maximum atomic E-state index is 13.3. The van der Waals surface area contributed by atoms with Gasteiger partial charge in [-0.15, -0.1) is 0 Å². The van der Waals surface area contributed by atoms with Crippen molar-refractivity contribution in [3.05, 3.63) is 53.6 Å². The van der Waals surface area contributed by atoms with Gasteiger partial charge in [0.15, 0.2) is 0 Å². The van der Waals surface area contributed by atoms with Crippen LogP contribution in [0.15, 0.2) is 42.5 Å². The van der Waals surface area contributed by atoms with E-state index in [-0.39, 0.29) is 36.0 Å². The SMILES string of the molecule is COc1ccc(OC)c(C(=O)N2CCC3(CCN(C(=O)CCC(=O)N4CCCc5ccccc54)C3)CC2)c1. The van der Waals surface area contributed by atoms with Crippen molar-refractivity contribution in [2.24, 2.45) is 5.41 Å². The molecule has 1 spiro atoms. The maximum Gasteiger partial charge on any atom is 0.257 e. The third-order valence-electron chi connectivity index (χ3n) is 8.50. The summed E-state index contributed by atoms with van der Waals surface area (Å²) in [6, 6.07) is 13.3. The van der Waals surface area contributed by atoms with E-state index in [4.69, 9.17) is 9.47 Å². The van der Waals surface area contributed by atoms with Gasteiger partial charge in [-0.25, -0.2) is 0 Å². The van der Waals surface area contributed by atoms with E-state index in [0.717, 1.165) is 44.3 Å². The number of carbonyl (C=O) groups excluding carboxylic acids is 3. The van der Waals surface area contributed by atoms with Gasteiger partial charge in [-0.2, -0.15) is 0 Å². The van der Waals surface area contributed by atoms with Crippen LogP contribution in [0.5, 0.6) is 11.5 Å². The van der Waals surface area contributed by atoms with Gasteiger partial charge in [0, 0.05) is 51.3 Å². The van der Waals surface area contributed by atoms with E-state index >= 15 is 0 Å². The summed E-state index contributed by atoms with van der Waals surface area (Å²) in [5, 5.41) is 0. The second-order valence-electron chi connectivity index (χ2n) is 10.7. The van der Waals surface area contributed by atoms with E-state index in [9.17, 15) is 14.4 Å². The van der Waals surface area contributed by atoms with Gasteiger partial charge in [0.2, 0.25) is 11.8 Å². The van der Waals surface area contributed by atoms with Crippen LogP contribution in [-0.2, 0) is 16.0 Å². The lowest BCUT2D eigenvalue weighted by molar-refractivity contribution is -0.132. The van der Waals surface area contributed by atoms with Crippen molar-refractivity contribution in [1.29, 1.82) is 0 Å². The molecule has 0 unspecified atom stereocenters. The molecule has 2 fully saturated rings. The van der Waals surface area contributed by atoms with Gasteiger partial charge in [0.1, 0.15) is 11.5 Å². The van der Waals surface area contributed by atoms with E-state index < -0.39 is 0 Å². The summed E-state index contributed by atoms with van der Waals surface area (Å²) < 4.78 is 10.7. The maximum absolute atomic E-state index is 13.3. The molecule has 2 saturated heterocycles. The fourth-order valence-electron chi connectivity index (χ4n) is 6.19. The summed E-state index contributed by atoms with van der Waals surface area (Å²) in [6.45, 7) is 3.43. The molecule has 8 heteroatoms. The van der Waals surface area contributed by atoms with E-state index in [1.165, 1.54) is 5.56 Å². The molecule has 3 heterocycles. The monoisotopic (exact) mass is 519 g/mol. The zero-order valence-corrected chi connectivity index (χ0v) is 22.4. The lowest BCUT2D eigenvalue weighted by Crippen LogP contribution is -2.44. The first-order valence-corrected chi connectivity index (χ1v) is 13.6. The smallest absolute Gasteiger partial charge is 0.257 e. The molecule has 0 aromatic heterocycles. The highest BCUT2D eigenvalue weighted by atomic mass is 16.5. The molecular formula is C30H37N3O5. The second kappa shape index (κ2) is 11.1. The number of ether oxygens (including phenoxy) is 2. The first-order valence-electron chi connectivity index (χ1n) is 13.6. The molecule has 5 rings (SSSR count). The largest absolute Gasteiger partial charge is 0.497 e. The van der Waals surface area contributed by atoms with Gasteiger partial charge in [-0.3, -0.25) is 14.4 Å². The Balaban J connectivity index is 1.13. The van der Waals surface area contributed by atoms with Crippen molar-refractivity contribution in [1.82, 2.24) is 9.80 Å². The number of amides is 3. The first-order chi connectivity index (χ1) is 18.4. The highest BCUT2D eigenvalue weighted by molar-refractivity contribution is 5.98. The molecule has 2 aromatic carbocycles. The molecule has 3 aliphatic heterocycles. The molecule has 3 amide bonds. The molecule has 2 aromatic rings. The van der Waals surface area contributed by atoms with Crippen molar-refractivity contribution >= 4 is 23.4 Å². The summed E-state index contributed by atoms with van der Waals surface area (Å²) in [5.41, 5.74) is 2.74. The predicted octanol–water partition coefficient (Wildman–Crippen LogP) is 3.92. The highest BCUT2D eigenvalue weighted by Gasteiger charge is 2.43. The fraction of sp³-hybridized carbons (Fsp3) is 0.500. The predicted molar refractivity (Wildman–Crippen MR) is 145 cm³/mol. The number of rotatable bonds is 6. The van der Waals surface area contributed by atoms with Crippen LogP contribution in [0.25, 0.3) is 0 Å². The number of methoxy groups -OCH3 is 2. The van der Waals surface area contributed by atoms with Gasteiger partial charge in [0.05, 0.1) is 19.8 Å². The summed E-state index contributed by atoms with van der Waals surface area (Å²) in [4.78, 5) is 45.0. The zero-order valence-electron chi connectivity index (χ0n) is 22.4. The molecule has 0 radical (unpaired) electrons. The Hall–Kier alpha value is -3.55. The normalized spacial score (nSPS) is 18.3. The van der Waals surface area contributed by atoms with Gasteiger partial charge < -0.3 is 24.2 Å². The second-order valence-corrected chi connectivity index (χ2v) is 10.7. The third-order valence-corrected chi connectivity index (χ3v) is 8.50. The molecule has 202 valence electrons. The van der Waals surface area contributed by atoms with E-state index in [2.05, 4.69) is 6.07 Å². The van der Waals surface area contributed by atoms with E-state index in [1.807, 2.05) is 32.9 Å². The molecule has 0 saturated carbocycles. The first kappa shape index (κ1) is 26.1. The van der Waals surface area contributed by atoms with Crippen molar-refractivity contribution in [2.45, 2.75) is 44.9 Å². The molecule has 3 aliphatic rings. The summed E-state index contributed by atoms with van der Waals surface area (Å²) in [7, 11) is 3.14. The minimum Gasteiger partial charge on any atom is -0.497 e. The molecule has 8 nitrogen and oxygen atoms in total. The van der Waals surface area contributed by atoms with Crippen LogP contribution in [0, 0.1) is 5.41 Å². The molecular weight excluding hydrogens is 482 g/mol. The van der Waals surface area contributed by atoms with Crippen LogP contribution in [-0.4, -0.2) is 74.5 Å². The number of aryl methyl sites for hydroxylation is 1. The Bertz CT molecular complexity index is 1200. The van der Waals surface area contributed by atoms with Crippen molar-refractivity contribution in [3.8, 4) is 11.5 Å². The Morgan fingerprint density at radius 3 is 2.29 bits per heavy atom. The van der Waals surface area contributed by atoms with E-state index in [0.29, 0.717) is 43.2 Å². The molecule has 38 heavy (non-hydrogen) atoms. The molecule has 0 atom stereocenters. The van der Waals surface area contributed by atoms with Gasteiger partial charge >= 0.3 is 0 Å². The minimum absolute atomic E-state index is 0.0270. The Kier molecular flexibility index (Phi) is 7.58. The number of hydrogen-bond acceptors (Lipinski definition) is 5. The Morgan fingerprint density at radius 1 is 0.842 bits per heavy atom. The third kappa shape index (κ3) is 5.22. The molecule has 0 aliphatic carbocycles. The van der Waals surface area contributed by atoms with E-state index in [1.54, 1.807) is 32.4 Å². The van der Waals surface area contributed by atoms with Crippen LogP contribution >= 0.6 is 0 Å².